The van der Waals surface area contributed by atoms with Crippen LogP contribution in [0, 0.1) is 23.2 Å². The second-order valence-electron chi connectivity index (χ2n) is 9.93. The van der Waals surface area contributed by atoms with Gasteiger partial charge in [-0.25, -0.2) is 8.78 Å². The first-order valence-electron chi connectivity index (χ1n) is 12.3. The molecule has 4 fully saturated rings. The first-order valence-corrected chi connectivity index (χ1v) is 12.7. The summed E-state index contributed by atoms with van der Waals surface area (Å²) in [7, 11) is 0. The van der Waals surface area contributed by atoms with Crippen LogP contribution in [0.4, 0.5) is 14.5 Å². The minimum absolute atomic E-state index is 0.0892. The lowest BCUT2D eigenvalue weighted by Gasteiger charge is -2.54. The predicted molar refractivity (Wildman–Crippen MR) is 129 cm³/mol. The van der Waals surface area contributed by atoms with Gasteiger partial charge in [0.05, 0.1) is 12.0 Å². The summed E-state index contributed by atoms with van der Waals surface area (Å²) in [4.78, 5) is 40.3. The molecule has 3 amide bonds. The van der Waals surface area contributed by atoms with E-state index in [-0.39, 0.29) is 18.7 Å². The van der Waals surface area contributed by atoms with Crippen molar-refractivity contribution in [2.24, 2.45) is 11.8 Å². The van der Waals surface area contributed by atoms with Crippen LogP contribution in [0.25, 0.3) is 0 Å². The van der Waals surface area contributed by atoms with Crippen molar-refractivity contribution < 1.29 is 23.2 Å². The van der Waals surface area contributed by atoms with E-state index in [2.05, 4.69) is 16.0 Å². The van der Waals surface area contributed by atoms with Crippen LogP contribution in [0.5, 0.6) is 0 Å². The Balaban J connectivity index is 1.52. The number of anilines is 1. The zero-order valence-corrected chi connectivity index (χ0v) is 20.7. The van der Waals surface area contributed by atoms with E-state index in [4.69, 9.17) is 11.6 Å². The van der Waals surface area contributed by atoms with Crippen LogP contribution >= 0.6 is 11.6 Å². The number of carbonyl (C=O) groups is 3. The van der Waals surface area contributed by atoms with E-state index < -0.39 is 60.2 Å². The van der Waals surface area contributed by atoms with Crippen molar-refractivity contribution in [1.29, 1.82) is 5.26 Å². The fourth-order valence-corrected chi connectivity index (χ4v) is 5.87. The van der Waals surface area contributed by atoms with Crippen molar-refractivity contribution >= 4 is 35.0 Å². The molecule has 3 N–H and O–H groups in total. The Kier molecular flexibility index (Phi) is 7.69. The van der Waals surface area contributed by atoms with Gasteiger partial charge in [0.15, 0.2) is 0 Å². The first-order chi connectivity index (χ1) is 17.1. The van der Waals surface area contributed by atoms with Crippen LogP contribution in [0.1, 0.15) is 45.4 Å². The third-order valence-electron chi connectivity index (χ3n) is 7.43. The number of nitrogens with zero attached hydrogens (tertiary/aromatic N) is 2. The molecule has 3 saturated heterocycles. The van der Waals surface area contributed by atoms with Crippen LogP contribution in [0.2, 0.25) is 5.02 Å². The Bertz CT molecular complexity index is 1060. The molecule has 1 aromatic rings. The molecule has 11 heteroatoms. The molecule has 8 nitrogen and oxygen atoms in total. The second kappa shape index (κ2) is 10.6. The molecule has 5 rings (SSSR count). The lowest BCUT2D eigenvalue weighted by molar-refractivity contribution is -0.194. The number of alkyl halides is 2. The van der Waals surface area contributed by atoms with E-state index in [0.29, 0.717) is 30.1 Å². The van der Waals surface area contributed by atoms with Gasteiger partial charge < -0.3 is 20.9 Å². The SMILES string of the molecule is C[C@H](Nc1cccc(Cl)c1)C(=O)N1[C@H]2CC[C@@H]([C@H]1C(=O)N[C@@H](C#N)C[C@@H]1CCCNC1=O)C(F)(F)C2. The van der Waals surface area contributed by atoms with Gasteiger partial charge in [-0.3, -0.25) is 14.4 Å². The van der Waals surface area contributed by atoms with Crippen molar-refractivity contribution in [1.82, 2.24) is 15.5 Å². The minimum atomic E-state index is -3.10. The number of amides is 3. The highest BCUT2D eigenvalue weighted by Gasteiger charge is 2.60. The molecular formula is C25H30ClF2N5O3. The lowest BCUT2D eigenvalue weighted by atomic mass is 9.71. The summed E-state index contributed by atoms with van der Waals surface area (Å²) >= 11 is 6.02. The number of hydrogen-bond acceptors (Lipinski definition) is 5. The maximum atomic E-state index is 14.9. The van der Waals surface area contributed by atoms with Crippen LogP contribution < -0.4 is 16.0 Å². The van der Waals surface area contributed by atoms with Gasteiger partial charge >= 0.3 is 0 Å². The molecule has 6 atom stereocenters. The Labute approximate surface area is 213 Å². The molecule has 1 aromatic carbocycles. The summed E-state index contributed by atoms with van der Waals surface area (Å²) in [6, 6.07) is 4.74. The molecule has 4 aliphatic rings. The van der Waals surface area contributed by atoms with Gasteiger partial charge in [-0.1, -0.05) is 17.7 Å². The number of piperidine rings is 3. The predicted octanol–water partition coefficient (Wildman–Crippen LogP) is 3.08. The molecule has 0 radical (unpaired) electrons. The van der Waals surface area contributed by atoms with E-state index in [9.17, 15) is 28.4 Å². The number of hydrogen-bond donors (Lipinski definition) is 3. The molecule has 2 bridgehead atoms. The number of carbonyl (C=O) groups excluding carboxylic acids is 3. The zero-order valence-electron chi connectivity index (χ0n) is 20.0. The van der Waals surface area contributed by atoms with Crippen LogP contribution in [0.15, 0.2) is 24.3 Å². The molecule has 0 aromatic heterocycles. The summed E-state index contributed by atoms with van der Waals surface area (Å²) in [5.41, 5.74) is 0.590. The van der Waals surface area contributed by atoms with Gasteiger partial charge in [0, 0.05) is 35.6 Å². The van der Waals surface area contributed by atoms with Crippen molar-refractivity contribution in [2.45, 2.75) is 75.5 Å². The fourth-order valence-electron chi connectivity index (χ4n) is 5.68. The van der Waals surface area contributed by atoms with Gasteiger partial charge in [0.25, 0.3) is 5.92 Å². The van der Waals surface area contributed by atoms with Gasteiger partial charge in [-0.15, -0.1) is 0 Å². The minimum Gasteiger partial charge on any atom is -0.374 e. The highest BCUT2D eigenvalue weighted by atomic mass is 35.5. The van der Waals surface area contributed by atoms with Crippen LogP contribution in [0.3, 0.4) is 0 Å². The molecule has 1 aliphatic carbocycles. The van der Waals surface area contributed by atoms with Crippen molar-refractivity contribution in [3.05, 3.63) is 29.3 Å². The second-order valence-corrected chi connectivity index (χ2v) is 10.4. The maximum Gasteiger partial charge on any atom is 0.255 e. The van der Waals surface area contributed by atoms with E-state index in [1.54, 1.807) is 31.2 Å². The first kappa shape index (κ1) is 26.1. The van der Waals surface area contributed by atoms with Crippen molar-refractivity contribution in [2.75, 3.05) is 11.9 Å². The largest absolute Gasteiger partial charge is 0.374 e. The smallest absolute Gasteiger partial charge is 0.255 e. The number of halogens is 3. The average Bonchev–Trinajstić information content (AvgIpc) is 2.83. The number of nitriles is 1. The fraction of sp³-hybridized carbons (Fsp3) is 0.600. The molecule has 194 valence electrons. The highest BCUT2D eigenvalue weighted by Crippen LogP contribution is 2.49. The lowest BCUT2D eigenvalue weighted by Crippen LogP contribution is -2.70. The third-order valence-corrected chi connectivity index (χ3v) is 7.66. The zero-order chi connectivity index (χ0) is 26.0. The van der Waals surface area contributed by atoms with Gasteiger partial charge in [-0.2, -0.15) is 5.26 Å². The van der Waals surface area contributed by atoms with E-state index in [0.717, 1.165) is 6.42 Å². The molecule has 36 heavy (non-hydrogen) atoms. The summed E-state index contributed by atoms with van der Waals surface area (Å²) in [5, 5.41) is 18.4. The monoisotopic (exact) mass is 521 g/mol. The van der Waals surface area contributed by atoms with E-state index >= 15 is 0 Å². The Hall–Kier alpha value is -2.93. The summed E-state index contributed by atoms with van der Waals surface area (Å²) in [6.07, 6.45) is 1.43. The third kappa shape index (κ3) is 5.41. The number of fused-ring (bicyclic) bond motifs is 3. The Morgan fingerprint density at radius 1 is 1.33 bits per heavy atom. The van der Waals surface area contributed by atoms with Crippen molar-refractivity contribution in [3.63, 3.8) is 0 Å². The van der Waals surface area contributed by atoms with Gasteiger partial charge in [0.2, 0.25) is 17.7 Å². The number of nitrogens with one attached hydrogen (secondary N) is 3. The average molecular weight is 522 g/mol. The van der Waals surface area contributed by atoms with E-state index in [1.807, 2.05) is 6.07 Å². The van der Waals surface area contributed by atoms with Crippen LogP contribution in [-0.4, -0.2) is 59.3 Å². The van der Waals surface area contributed by atoms with Crippen molar-refractivity contribution in [3.8, 4) is 6.07 Å². The van der Waals surface area contributed by atoms with Gasteiger partial charge in [-0.05, 0) is 57.2 Å². The number of benzene rings is 1. The summed E-state index contributed by atoms with van der Waals surface area (Å²) in [5.74, 6) is -6.32. The molecule has 0 unspecified atom stereocenters. The highest BCUT2D eigenvalue weighted by molar-refractivity contribution is 6.30. The molecule has 3 heterocycles. The molecule has 1 saturated carbocycles. The van der Waals surface area contributed by atoms with Crippen LogP contribution in [-0.2, 0) is 14.4 Å². The molecule has 3 aliphatic heterocycles. The quantitative estimate of drug-likeness (QED) is 0.510. The van der Waals surface area contributed by atoms with E-state index in [1.165, 1.54) is 4.90 Å². The standard InChI is InChI=1S/C25H30ClF2N5O3/c1-14(31-17-6-2-5-16(26)11-17)24(36)33-19-7-8-20(25(27,28)12-19)21(33)23(35)32-18(13-29)10-15-4-3-9-30-22(15)34/h2,5-6,11,14-15,18-21,31H,3-4,7-10,12H2,1H3,(H,30,34)(H,32,35)/t14-,15-,18+,19-,20-,21-/m0/s1. The molecular weight excluding hydrogens is 492 g/mol. The van der Waals surface area contributed by atoms with Gasteiger partial charge in [0.1, 0.15) is 18.1 Å². The Morgan fingerprint density at radius 3 is 2.78 bits per heavy atom. The topological polar surface area (TPSA) is 114 Å². The maximum absolute atomic E-state index is 14.9. The molecule has 0 spiro atoms. The number of rotatable bonds is 7. The summed E-state index contributed by atoms with van der Waals surface area (Å²) < 4.78 is 29.8. The summed E-state index contributed by atoms with van der Waals surface area (Å²) in [6.45, 7) is 2.18. The Morgan fingerprint density at radius 2 is 2.11 bits per heavy atom. The normalized spacial score (nSPS) is 28.4.